The Morgan fingerprint density at radius 3 is 1.10 bits per heavy atom. The summed E-state index contributed by atoms with van der Waals surface area (Å²) in [5.41, 5.74) is 31.8. The number of Topliss-reactive ketones (excluding diaryl/α,β-unsaturated/α-hetero) is 2. The highest BCUT2D eigenvalue weighted by molar-refractivity contribution is 5.88. The molecule has 0 aliphatic heterocycles. The number of carbonyl (C=O) groups is 7. The molecule has 1 rings (SSSR count). The molecule has 36 heteroatoms. The van der Waals surface area contributed by atoms with Crippen LogP contribution in [0, 0.1) is 0 Å². The van der Waals surface area contributed by atoms with E-state index in [-0.39, 0.29) is 93.9 Å². The largest absolute Gasteiger partial charge is 0.480 e. The van der Waals surface area contributed by atoms with Crippen LogP contribution in [-0.2, 0) is 96.8 Å². The second-order valence-electron chi connectivity index (χ2n) is 18.6. The van der Waals surface area contributed by atoms with Crippen LogP contribution >= 0.6 is 0 Å². The number of H-pyrrole nitrogens is 1. The molecule has 4 atom stereocenters. The maximum atomic E-state index is 11.8. The number of carboxylic acids is 2. The third-order valence-corrected chi connectivity index (χ3v) is 10.9. The summed E-state index contributed by atoms with van der Waals surface area (Å²) in [5, 5.41) is 28.7. The smallest absolute Gasteiger partial charge is 0.326 e. The van der Waals surface area contributed by atoms with Crippen molar-refractivity contribution in [3.05, 3.63) is 18.2 Å². The molecule has 3 amide bonds. The summed E-state index contributed by atoms with van der Waals surface area (Å²) < 4.78 is 60.9. The molecule has 0 saturated heterocycles. The van der Waals surface area contributed by atoms with Crippen molar-refractivity contribution in [2.75, 3.05) is 187 Å². The van der Waals surface area contributed by atoms with Crippen LogP contribution in [0.4, 0.5) is 0 Å². The van der Waals surface area contributed by atoms with Crippen molar-refractivity contribution in [3.8, 4) is 0 Å². The van der Waals surface area contributed by atoms with Crippen molar-refractivity contribution in [2.45, 2.75) is 83.0 Å². The third-order valence-electron chi connectivity index (χ3n) is 10.9. The zero-order valence-corrected chi connectivity index (χ0v) is 53.3. The lowest BCUT2D eigenvalue weighted by atomic mass is 10.1. The van der Waals surface area contributed by atoms with E-state index in [1.54, 1.807) is 28.3 Å². The molecule has 522 valence electrons. The minimum atomic E-state index is -1.13. The monoisotopic (exact) mass is 1300 g/mol. The minimum Gasteiger partial charge on any atom is -0.480 e. The molecule has 1 aromatic rings. The lowest BCUT2D eigenvalue weighted by molar-refractivity contribution is -0.143. The van der Waals surface area contributed by atoms with Crippen LogP contribution < -0.4 is 55.7 Å². The minimum absolute atomic E-state index is 0.00516. The van der Waals surface area contributed by atoms with Crippen LogP contribution in [0.2, 0.25) is 0 Å². The average molecular weight is 1300 g/mol. The molecule has 1 aromatic heterocycles. The van der Waals surface area contributed by atoms with Crippen molar-refractivity contribution in [1.29, 1.82) is 0 Å². The first kappa shape index (κ1) is 87.4. The Hall–Kier alpha value is -6.81. The SMILES string of the molecule is COCCOCC(=O)N[C@@H](CCCN=C(N)N)C(=O)O.COCCOCCN[C@@H](CCCN=C(N)N)C(C)=O.COCCOCCOCCOCC(=O)N[C@@H](CCCN=C(N)N)C(C)=O.COCCOCCOCCOCC(=O)N[C@@H](Cc1cnc[nH]1)C(=O)O. The summed E-state index contributed by atoms with van der Waals surface area (Å²) in [6, 6.07) is -2.76. The van der Waals surface area contributed by atoms with Gasteiger partial charge in [-0.2, -0.15) is 0 Å². The molecule has 0 aliphatic carbocycles. The topological polar surface area (TPSA) is 541 Å². The lowest BCUT2D eigenvalue weighted by Gasteiger charge is -2.15. The highest BCUT2D eigenvalue weighted by Gasteiger charge is 2.22. The zero-order valence-electron chi connectivity index (χ0n) is 53.3. The molecular weight excluding hydrogens is 1190 g/mol. The van der Waals surface area contributed by atoms with Gasteiger partial charge in [0, 0.05) is 72.9 Å². The summed E-state index contributed by atoms with van der Waals surface area (Å²) in [6.07, 6.45) is 6.27. The second kappa shape index (κ2) is 63.7. The van der Waals surface area contributed by atoms with Crippen molar-refractivity contribution in [1.82, 2.24) is 31.2 Å². The van der Waals surface area contributed by atoms with E-state index in [2.05, 4.69) is 46.2 Å². The van der Waals surface area contributed by atoms with Crippen LogP contribution in [0.1, 0.15) is 58.1 Å². The molecule has 90 heavy (non-hydrogen) atoms. The van der Waals surface area contributed by atoms with Crippen molar-refractivity contribution < 1.29 is 101 Å². The van der Waals surface area contributed by atoms with Gasteiger partial charge in [-0.25, -0.2) is 14.6 Å². The van der Waals surface area contributed by atoms with Gasteiger partial charge in [0.1, 0.15) is 37.7 Å². The molecule has 0 aliphatic rings. The number of aromatic amines is 1. The molecular formula is C54H105N15O21. The molecule has 0 radical (unpaired) electrons. The summed E-state index contributed by atoms with van der Waals surface area (Å²) in [7, 11) is 6.35. The van der Waals surface area contributed by atoms with Crippen LogP contribution in [0.3, 0.4) is 0 Å². The summed E-state index contributed by atoms with van der Waals surface area (Å²) in [5.74, 6) is -3.56. The number of carbonyl (C=O) groups excluding carboxylic acids is 5. The van der Waals surface area contributed by atoms with E-state index >= 15 is 0 Å². The van der Waals surface area contributed by atoms with Crippen molar-refractivity contribution in [3.63, 3.8) is 0 Å². The Kier molecular flexibility index (Phi) is 61.9. The maximum Gasteiger partial charge on any atom is 0.326 e. The highest BCUT2D eigenvalue weighted by atomic mass is 16.6. The quantitative estimate of drug-likeness (QED) is 0.0166. The Morgan fingerprint density at radius 2 is 0.767 bits per heavy atom. The van der Waals surface area contributed by atoms with Gasteiger partial charge in [-0.05, 0) is 52.4 Å². The Labute approximate surface area is 526 Å². The number of aromatic nitrogens is 2. The number of aliphatic carboxylic acids is 2. The fourth-order valence-corrected chi connectivity index (χ4v) is 6.47. The van der Waals surface area contributed by atoms with Gasteiger partial charge in [0.25, 0.3) is 0 Å². The Balaban J connectivity index is -0.00000113. The number of rotatable bonds is 55. The number of hydrogen-bond acceptors (Lipinski definition) is 24. The molecule has 0 saturated carbocycles. The van der Waals surface area contributed by atoms with Gasteiger partial charge in [-0.1, -0.05) is 0 Å². The number of methoxy groups -OCH3 is 4. The molecule has 0 fully saturated rings. The number of nitrogens with one attached hydrogen (secondary N) is 5. The number of ketones is 2. The van der Waals surface area contributed by atoms with Gasteiger partial charge in [0.15, 0.2) is 23.7 Å². The normalized spacial score (nSPS) is 11.9. The number of guanidine groups is 3. The lowest BCUT2D eigenvalue weighted by Crippen LogP contribution is -2.44. The van der Waals surface area contributed by atoms with Crippen LogP contribution in [0.5, 0.6) is 0 Å². The van der Waals surface area contributed by atoms with E-state index in [0.717, 1.165) is 6.42 Å². The second-order valence-corrected chi connectivity index (χ2v) is 18.6. The van der Waals surface area contributed by atoms with Gasteiger partial charge >= 0.3 is 11.9 Å². The fourth-order valence-electron chi connectivity index (χ4n) is 6.47. The van der Waals surface area contributed by atoms with Gasteiger partial charge in [0.05, 0.1) is 131 Å². The molecule has 0 aromatic carbocycles. The number of imidazole rings is 1. The number of nitrogens with two attached hydrogens (primary N) is 6. The maximum absolute atomic E-state index is 11.8. The van der Waals surface area contributed by atoms with E-state index in [0.29, 0.717) is 150 Å². The van der Waals surface area contributed by atoms with Gasteiger partial charge in [-0.15, -0.1) is 0 Å². The molecule has 36 nitrogen and oxygen atoms in total. The fraction of sp³-hybridized carbons (Fsp3) is 0.759. The molecule has 0 unspecified atom stereocenters. The summed E-state index contributed by atoms with van der Waals surface area (Å²) >= 11 is 0. The van der Waals surface area contributed by atoms with Crippen LogP contribution in [-0.4, -0.2) is 290 Å². The first-order valence-electron chi connectivity index (χ1n) is 28.9. The molecule has 1 heterocycles. The number of ether oxygens (including phenoxy) is 12. The number of aliphatic imine (C=N–C) groups is 3. The zero-order chi connectivity index (χ0) is 67.8. The van der Waals surface area contributed by atoms with Gasteiger partial charge < -0.3 is 128 Å². The summed E-state index contributed by atoms with van der Waals surface area (Å²) in [6.45, 7) is 11.8. The van der Waals surface area contributed by atoms with Crippen molar-refractivity contribution in [2.24, 2.45) is 49.4 Å². The van der Waals surface area contributed by atoms with E-state index < -0.39 is 41.9 Å². The predicted molar refractivity (Wildman–Crippen MR) is 330 cm³/mol. The van der Waals surface area contributed by atoms with Gasteiger partial charge in [-0.3, -0.25) is 38.9 Å². The molecule has 0 bridgehead atoms. The standard InChI is InChI=1S/C16H32N4O6.C15H25N3O7.C12H26N4O3.C11H22N4O5/c1-13(21)14(4-3-5-19-16(17)18)20-15(22)12-26-11-10-25-9-8-24-7-6-23-2;1-22-2-3-23-4-5-24-6-7-25-10-14(19)18-13(15(20)21)8-12-9-16-11-17-12;1-10(17)11(4-3-5-16-12(13)14)15-6-7-19-9-8-18-2;1-19-5-6-20-7-9(16)15-8(10(17)18)3-2-4-14-11(12)13/h14H,3-12H2,1-2H3,(H,20,22)(H4,17,18,19);9,11,13H,2-8,10H2,1H3,(H,16,17)(H,18,19)(H,20,21);11,15H,3-9H2,1-2H3,(H4,13,14,16);8H,2-7H2,1H3,(H,15,16)(H,17,18)(H4,12,13,14)/t14-;13-;11-;8-/m0000/s1. The first-order chi connectivity index (χ1) is 43.1. The van der Waals surface area contributed by atoms with Crippen LogP contribution in [0.25, 0.3) is 0 Å². The Morgan fingerprint density at radius 1 is 0.456 bits per heavy atom. The van der Waals surface area contributed by atoms with Gasteiger partial charge in [0.2, 0.25) is 17.7 Å². The molecule has 19 N–H and O–H groups in total. The number of nitrogens with zero attached hydrogens (tertiary/aromatic N) is 4. The van der Waals surface area contributed by atoms with E-state index in [9.17, 15) is 33.6 Å². The number of hydrogen-bond donors (Lipinski definition) is 13. The summed E-state index contributed by atoms with van der Waals surface area (Å²) in [4.78, 5) is 98.2. The van der Waals surface area contributed by atoms with Crippen molar-refractivity contribution >= 4 is 59.1 Å². The predicted octanol–water partition coefficient (Wildman–Crippen LogP) is -4.45. The molecule has 0 spiro atoms. The van der Waals surface area contributed by atoms with E-state index in [4.69, 9.17) is 101 Å². The number of carboxylic acid groups (broad SMARTS) is 2. The first-order valence-corrected chi connectivity index (χ1v) is 28.9. The highest BCUT2D eigenvalue weighted by Crippen LogP contribution is 2.03. The third kappa shape index (κ3) is 62.8. The van der Waals surface area contributed by atoms with E-state index in [1.807, 2.05) is 0 Å². The average Bonchev–Trinajstić information content (AvgIpc) is 4.22. The number of amides is 3. The Bertz CT molecular complexity index is 2050. The van der Waals surface area contributed by atoms with Crippen LogP contribution in [0.15, 0.2) is 27.5 Å². The van der Waals surface area contributed by atoms with E-state index in [1.165, 1.54) is 26.6 Å².